The normalized spacial score (nSPS) is 11.0. The summed E-state index contributed by atoms with van der Waals surface area (Å²) in [4.78, 5) is 0. The van der Waals surface area contributed by atoms with E-state index in [1.165, 1.54) is 0 Å². The first kappa shape index (κ1) is 16.3. The standard InChI is InChI=1S/C17H19BrClNO/c1-11(2)20-10-13-8-15(19)6-7-16(13)21-17-9-14(18)5-4-12(17)3/h4-9,11,20H,10H2,1-3H3. The van der Waals surface area contributed by atoms with Gasteiger partial charge in [-0.25, -0.2) is 0 Å². The summed E-state index contributed by atoms with van der Waals surface area (Å²) in [6.45, 7) is 6.98. The van der Waals surface area contributed by atoms with Crippen LogP contribution in [0.25, 0.3) is 0 Å². The van der Waals surface area contributed by atoms with Gasteiger partial charge < -0.3 is 10.1 Å². The van der Waals surface area contributed by atoms with Gasteiger partial charge in [-0.2, -0.15) is 0 Å². The third-order valence-corrected chi connectivity index (χ3v) is 3.82. The number of hydrogen-bond donors (Lipinski definition) is 1. The van der Waals surface area contributed by atoms with Crippen LogP contribution in [0.1, 0.15) is 25.0 Å². The van der Waals surface area contributed by atoms with Gasteiger partial charge >= 0.3 is 0 Å². The van der Waals surface area contributed by atoms with E-state index in [1.807, 2.05) is 43.3 Å². The Balaban J connectivity index is 2.28. The Morgan fingerprint density at radius 1 is 1.14 bits per heavy atom. The highest BCUT2D eigenvalue weighted by Crippen LogP contribution is 2.31. The van der Waals surface area contributed by atoms with E-state index in [2.05, 4.69) is 35.1 Å². The summed E-state index contributed by atoms with van der Waals surface area (Å²) in [5, 5.41) is 4.11. The SMILES string of the molecule is Cc1ccc(Br)cc1Oc1ccc(Cl)cc1CNC(C)C. The van der Waals surface area contributed by atoms with E-state index in [9.17, 15) is 0 Å². The summed E-state index contributed by atoms with van der Waals surface area (Å²) in [7, 11) is 0. The zero-order chi connectivity index (χ0) is 15.4. The Kier molecular flexibility index (Phi) is 5.68. The highest BCUT2D eigenvalue weighted by atomic mass is 79.9. The van der Waals surface area contributed by atoms with Crippen molar-refractivity contribution in [2.75, 3.05) is 0 Å². The second kappa shape index (κ2) is 7.30. The van der Waals surface area contributed by atoms with E-state index in [4.69, 9.17) is 16.3 Å². The van der Waals surface area contributed by atoms with E-state index in [0.717, 1.165) is 33.6 Å². The summed E-state index contributed by atoms with van der Waals surface area (Å²) in [5.41, 5.74) is 2.14. The summed E-state index contributed by atoms with van der Waals surface area (Å²) in [6.07, 6.45) is 0. The smallest absolute Gasteiger partial charge is 0.132 e. The van der Waals surface area contributed by atoms with Crippen LogP contribution in [0.15, 0.2) is 40.9 Å². The van der Waals surface area contributed by atoms with Gasteiger partial charge in [0.05, 0.1) is 0 Å². The molecular weight excluding hydrogens is 350 g/mol. The van der Waals surface area contributed by atoms with Crippen molar-refractivity contribution in [1.29, 1.82) is 0 Å². The molecule has 2 nitrogen and oxygen atoms in total. The number of halogens is 2. The molecule has 0 atom stereocenters. The lowest BCUT2D eigenvalue weighted by molar-refractivity contribution is 0.466. The molecule has 2 rings (SSSR count). The fourth-order valence-corrected chi connectivity index (χ4v) is 2.44. The monoisotopic (exact) mass is 367 g/mol. The van der Waals surface area contributed by atoms with Crippen LogP contribution in [0.4, 0.5) is 0 Å². The first-order valence-electron chi connectivity index (χ1n) is 6.91. The molecule has 112 valence electrons. The first-order chi connectivity index (χ1) is 9.95. The third-order valence-electron chi connectivity index (χ3n) is 3.09. The fourth-order valence-electron chi connectivity index (χ4n) is 1.90. The zero-order valence-corrected chi connectivity index (χ0v) is 14.8. The second-order valence-corrected chi connectivity index (χ2v) is 6.65. The third kappa shape index (κ3) is 4.73. The van der Waals surface area contributed by atoms with Crippen molar-refractivity contribution in [3.63, 3.8) is 0 Å². The second-order valence-electron chi connectivity index (χ2n) is 5.30. The van der Waals surface area contributed by atoms with Gasteiger partial charge in [-0.05, 0) is 42.8 Å². The number of nitrogens with one attached hydrogen (secondary N) is 1. The van der Waals surface area contributed by atoms with E-state index >= 15 is 0 Å². The van der Waals surface area contributed by atoms with E-state index < -0.39 is 0 Å². The zero-order valence-electron chi connectivity index (χ0n) is 12.4. The molecule has 0 aliphatic rings. The molecule has 0 unspecified atom stereocenters. The molecule has 0 aromatic heterocycles. The van der Waals surface area contributed by atoms with E-state index in [0.29, 0.717) is 11.1 Å². The van der Waals surface area contributed by atoms with Crippen molar-refractivity contribution in [2.45, 2.75) is 33.4 Å². The number of hydrogen-bond acceptors (Lipinski definition) is 2. The Labute approximate surface area is 139 Å². The van der Waals surface area contributed by atoms with Crippen molar-refractivity contribution in [3.05, 3.63) is 57.0 Å². The van der Waals surface area contributed by atoms with Crippen molar-refractivity contribution in [1.82, 2.24) is 5.32 Å². The quantitative estimate of drug-likeness (QED) is 0.730. The molecule has 1 N–H and O–H groups in total. The van der Waals surface area contributed by atoms with Gasteiger partial charge in [-0.3, -0.25) is 0 Å². The average molecular weight is 369 g/mol. The van der Waals surface area contributed by atoms with Gasteiger partial charge in [0, 0.05) is 27.6 Å². The Bertz CT molecular complexity index is 628. The topological polar surface area (TPSA) is 21.3 Å². The molecule has 0 spiro atoms. The van der Waals surface area contributed by atoms with Crippen molar-refractivity contribution < 1.29 is 4.74 Å². The van der Waals surface area contributed by atoms with Crippen LogP contribution in [0.5, 0.6) is 11.5 Å². The predicted octanol–water partition coefficient (Wildman–Crippen LogP) is 5.70. The molecule has 0 aliphatic carbocycles. The average Bonchev–Trinajstić information content (AvgIpc) is 2.43. The lowest BCUT2D eigenvalue weighted by atomic mass is 10.1. The highest BCUT2D eigenvalue weighted by molar-refractivity contribution is 9.10. The Morgan fingerprint density at radius 2 is 1.90 bits per heavy atom. The maximum Gasteiger partial charge on any atom is 0.132 e. The molecule has 2 aromatic rings. The largest absolute Gasteiger partial charge is 0.457 e. The lowest BCUT2D eigenvalue weighted by Crippen LogP contribution is -2.22. The van der Waals surface area contributed by atoms with Gasteiger partial charge in [0.2, 0.25) is 0 Å². The summed E-state index contributed by atoms with van der Waals surface area (Å²) in [6, 6.07) is 12.1. The molecule has 0 aliphatic heterocycles. The minimum Gasteiger partial charge on any atom is -0.457 e. The predicted molar refractivity (Wildman–Crippen MR) is 92.4 cm³/mol. The molecule has 0 fully saturated rings. The van der Waals surface area contributed by atoms with Crippen molar-refractivity contribution in [2.24, 2.45) is 0 Å². The van der Waals surface area contributed by atoms with Crippen LogP contribution in [0, 0.1) is 6.92 Å². The molecule has 21 heavy (non-hydrogen) atoms. The van der Waals surface area contributed by atoms with Crippen molar-refractivity contribution in [3.8, 4) is 11.5 Å². The van der Waals surface area contributed by atoms with Crippen LogP contribution in [0.3, 0.4) is 0 Å². The molecule has 0 bridgehead atoms. The van der Waals surface area contributed by atoms with Crippen LogP contribution in [-0.2, 0) is 6.54 Å². The molecule has 0 heterocycles. The Hall–Kier alpha value is -1.03. The minimum atomic E-state index is 0.407. The van der Waals surface area contributed by atoms with Gasteiger partial charge in [0.15, 0.2) is 0 Å². The number of benzene rings is 2. The fraction of sp³-hybridized carbons (Fsp3) is 0.294. The van der Waals surface area contributed by atoms with Crippen LogP contribution < -0.4 is 10.1 Å². The number of ether oxygens (including phenoxy) is 1. The molecule has 0 saturated carbocycles. The molecule has 2 aromatic carbocycles. The van der Waals surface area contributed by atoms with Crippen LogP contribution >= 0.6 is 27.5 Å². The van der Waals surface area contributed by atoms with Crippen LogP contribution in [0.2, 0.25) is 5.02 Å². The minimum absolute atomic E-state index is 0.407. The van der Waals surface area contributed by atoms with Crippen LogP contribution in [-0.4, -0.2) is 6.04 Å². The highest BCUT2D eigenvalue weighted by Gasteiger charge is 2.09. The van der Waals surface area contributed by atoms with Gasteiger partial charge in [0.25, 0.3) is 0 Å². The number of aryl methyl sites for hydroxylation is 1. The molecule has 0 amide bonds. The summed E-state index contributed by atoms with van der Waals surface area (Å²) >= 11 is 9.58. The van der Waals surface area contributed by atoms with Gasteiger partial charge in [-0.15, -0.1) is 0 Å². The molecule has 4 heteroatoms. The maximum atomic E-state index is 6.10. The van der Waals surface area contributed by atoms with Crippen molar-refractivity contribution >= 4 is 27.5 Å². The van der Waals surface area contributed by atoms with Gasteiger partial charge in [-0.1, -0.05) is 47.4 Å². The summed E-state index contributed by atoms with van der Waals surface area (Å²) < 4.78 is 7.08. The number of rotatable bonds is 5. The Morgan fingerprint density at radius 3 is 2.62 bits per heavy atom. The molecule has 0 radical (unpaired) electrons. The molecular formula is C17H19BrClNO. The first-order valence-corrected chi connectivity index (χ1v) is 8.08. The summed E-state index contributed by atoms with van der Waals surface area (Å²) in [5.74, 6) is 1.67. The lowest BCUT2D eigenvalue weighted by Gasteiger charge is -2.15. The van der Waals surface area contributed by atoms with E-state index in [-0.39, 0.29) is 0 Å². The van der Waals surface area contributed by atoms with E-state index in [1.54, 1.807) is 0 Å². The molecule has 0 saturated heterocycles. The maximum absolute atomic E-state index is 6.10. The van der Waals surface area contributed by atoms with Gasteiger partial charge in [0.1, 0.15) is 11.5 Å².